The van der Waals surface area contributed by atoms with Crippen molar-refractivity contribution in [1.29, 1.82) is 0 Å². The Hall–Kier alpha value is -3.41. The molecular formula is C52H86O6. The van der Waals surface area contributed by atoms with E-state index in [4.69, 9.17) is 14.2 Å². The topological polar surface area (TPSA) is 78.9 Å². The highest BCUT2D eigenvalue weighted by molar-refractivity contribution is 5.71. The number of rotatable bonds is 41. The molecule has 58 heavy (non-hydrogen) atoms. The molecule has 0 radical (unpaired) electrons. The van der Waals surface area contributed by atoms with Gasteiger partial charge in [-0.1, -0.05) is 176 Å². The lowest BCUT2D eigenvalue weighted by Gasteiger charge is -2.18. The highest BCUT2D eigenvalue weighted by Gasteiger charge is 2.19. The van der Waals surface area contributed by atoms with Crippen LogP contribution in [-0.4, -0.2) is 37.2 Å². The van der Waals surface area contributed by atoms with Crippen LogP contribution in [0.25, 0.3) is 0 Å². The molecule has 0 heterocycles. The molecule has 0 amide bonds. The average Bonchev–Trinajstić information content (AvgIpc) is 3.22. The Morgan fingerprint density at radius 1 is 0.362 bits per heavy atom. The van der Waals surface area contributed by atoms with E-state index in [0.29, 0.717) is 19.3 Å². The van der Waals surface area contributed by atoms with Gasteiger partial charge >= 0.3 is 17.9 Å². The fraction of sp³-hybridized carbons (Fsp3) is 0.673. The molecule has 6 heteroatoms. The van der Waals surface area contributed by atoms with Crippen molar-refractivity contribution in [2.45, 2.75) is 213 Å². The first-order chi connectivity index (χ1) is 28.5. The monoisotopic (exact) mass is 807 g/mol. The first-order valence-corrected chi connectivity index (χ1v) is 23.6. The Labute approximate surface area is 356 Å². The van der Waals surface area contributed by atoms with Crippen molar-refractivity contribution in [3.05, 3.63) is 85.1 Å². The first-order valence-electron chi connectivity index (χ1n) is 23.6. The molecular weight excluding hydrogens is 721 g/mol. The minimum absolute atomic E-state index is 0.0947. The molecule has 0 bridgehead atoms. The molecule has 1 unspecified atom stereocenters. The van der Waals surface area contributed by atoms with Gasteiger partial charge in [0, 0.05) is 19.3 Å². The van der Waals surface area contributed by atoms with Crippen molar-refractivity contribution in [3.63, 3.8) is 0 Å². The van der Waals surface area contributed by atoms with E-state index in [1.54, 1.807) is 0 Å². The summed E-state index contributed by atoms with van der Waals surface area (Å²) in [5.74, 6) is -0.965. The predicted octanol–water partition coefficient (Wildman–Crippen LogP) is 15.3. The van der Waals surface area contributed by atoms with E-state index in [1.165, 1.54) is 57.8 Å². The molecule has 6 nitrogen and oxygen atoms in total. The van der Waals surface area contributed by atoms with E-state index < -0.39 is 6.10 Å². The van der Waals surface area contributed by atoms with Crippen LogP contribution in [0, 0.1) is 0 Å². The minimum atomic E-state index is -0.794. The number of hydrogen-bond donors (Lipinski definition) is 0. The predicted molar refractivity (Wildman–Crippen MR) is 247 cm³/mol. The van der Waals surface area contributed by atoms with Gasteiger partial charge in [-0.2, -0.15) is 0 Å². The van der Waals surface area contributed by atoms with Crippen molar-refractivity contribution in [2.75, 3.05) is 13.2 Å². The molecule has 1 atom stereocenters. The van der Waals surface area contributed by atoms with Crippen LogP contribution in [0.3, 0.4) is 0 Å². The van der Waals surface area contributed by atoms with Crippen LogP contribution in [0.5, 0.6) is 0 Å². The van der Waals surface area contributed by atoms with E-state index in [0.717, 1.165) is 109 Å². The zero-order valence-corrected chi connectivity index (χ0v) is 37.5. The van der Waals surface area contributed by atoms with Crippen molar-refractivity contribution in [1.82, 2.24) is 0 Å². The summed E-state index contributed by atoms with van der Waals surface area (Å²) in [6, 6.07) is 0. The lowest BCUT2D eigenvalue weighted by molar-refractivity contribution is -0.167. The molecule has 0 aromatic heterocycles. The number of carbonyl (C=O) groups excluding carboxylic acids is 3. The second kappa shape index (κ2) is 46.3. The molecule has 0 aromatic carbocycles. The number of esters is 3. The van der Waals surface area contributed by atoms with Gasteiger partial charge in [0.15, 0.2) is 6.10 Å². The lowest BCUT2D eigenvalue weighted by Crippen LogP contribution is -2.30. The smallest absolute Gasteiger partial charge is 0.306 e. The zero-order chi connectivity index (χ0) is 42.3. The SMILES string of the molecule is CC/C=C\C/C=C\C/C=C\C/C=C\C/C=C\C/C=C\CCCCC(=O)OCC(COC(=O)CCCCCCCC)OC(=O)CCCCCCC/C=C\CCCCCC. The molecule has 0 aromatic rings. The standard InChI is InChI=1S/C52H86O6/c1-4-7-10-13-16-18-20-22-23-24-25-26-27-28-29-31-32-34-36-39-42-45-51(54)57-48-49(47-56-50(53)44-41-38-15-12-9-6-3)58-52(55)46-43-40-37-35-33-30-21-19-17-14-11-8-5-2/h7,10,16,18-19,21-23,25-26,28-29,32,34,49H,4-6,8-9,11-15,17,20,24,27,30-31,33,35-48H2,1-3H3/b10-7-,18-16-,21-19-,23-22-,26-25-,29-28-,34-32-. The maximum atomic E-state index is 12.7. The Morgan fingerprint density at radius 3 is 1.12 bits per heavy atom. The van der Waals surface area contributed by atoms with Gasteiger partial charge in [-0.05, 0) is 96.3 Å². The average molecular weight is 807 g/mol. The van der Waals surface area contributed by atoms with Gasteiger partial charge in [0.05, 0.1) is 0 Å². The van der Waals surface area contributed by atoms with Gasteiger partial charge < -0.3 is 14.2 Å². The summed E-state index contributed by atoms with van der Waals surface area (Å²) in [7, 11) is 0. The highest BCUT2D eigenvalue weighted by atomic mass is 16.6. The van der Waals surface area contributed by atoms with Gasteiger partial charge in [0.25, 0.3) is 0 Å². The van der Waals surface area contributed by atoms with E-state index in [9.17, 15) is 14.4 Å². The fourth-order valence-electron chi connectivity index (χ4n) is 6.08. The van der Waals surface area contributed by atoms with Crippen molar-refractivity contribution >= 4 is 17.9 Å². The summed E-state index contributed by atoms with van der Waals surface area (Å²) in [5.41, 5.74) is 0. The van der Waals surface area contributed by atoms with E-state index in [-0.39, 0.29) is 31.1 Å². The third-order valence-electron chi connectivity index (χ3n) is 9.63. The van der Waals surface area contributed by atoms with Gasteiger partial charge in [0.1, 0.15) is 13.2 Å². The number of carbonyl (C=O) groups is 3. The molecule has 0 saturated carbocycles. The second-order valence-electron chi connectivity index (χ2n) is 15.3. The summed E-state index contributed by atoms with van der Waals surface area (Å²) in [6.07, 6.45) is 58.7. The number of hydrogen-bond acceptors (Lipinski definition) is 6. The van der Waals surface area contributed by atoms with Crippen LogP contribution in [0.1, 0.15) is 207 Å². The molecule has 0 rings (SSSR count). The molecule has 0 saturated heterocycles. The maximum absolute atomic E-state index is 12.7. The molecule has 330 valence electrons. The number of allylic oxidation sites excluding steroid dienone is 14. The Morgan fingerprint density at radius 2 is 0.672 bits per heavy atom. The molecule has 0 aliphatic carbocycles. The largest absolute Gasteiger partial charge is 0.462 e. The summed E-state index contributed by atoms with van der Waals surface area (Å²) in [6.45, 7) is 6.38. The van der Waals surface area contributed by atoms with Crippen molar-refractivity contribution in [3.8, 4) is 0 Å². The molecule has 0 aliphatic heterocycles. The fourth-order valence-corrected chi connectivity index (χ4v) is 6.08. The zero-order valence-electron chi connectivity index (χ0n) is 37.5. The Bertz CT molecular complexity index is 1160. The quantitative estimate of drug-likeness (QED) is 0.0265. The Kier molecular flexibility index (Phi) is 43.6. The van der Waals surface area contributed by atoms with Crippen molar-refractivity contribution < 1.29 is 28.6 Å². The van der Waals surface area contributed by atoms with Gasteiger partial charge in [-0.3, -0.25) is 14.4 Å². The van der Waals surface area contributed by atoms with Crippen LogP contribution in [-0.2, 0) is 28.6 Å². The molecule has 0 aliphatic rings. The Balaban J connectivity index is 4.35. The van der Waals surface area contributed by atoms with Crippen LogP contribution < -0.4 is 0 Å². The number of unbranched alkanes of at least 4 members (excludes halogenated alkanes) is 16. The first kappa shape index (κ1) is 54.6. The maximum Gasteiger partial charge on any atom is 0.306 e. The summed E-state index contributed by atoms with van der Waals surface area (Å²) in [4.78, 5) is 37.6. The van der Waals surface area contributed by atoms with Gasteiger partial charge in [-0.15, -0.1) is 0 Å². The van der Waals surface area contributed by atoms with Crippen LogP contribution in [0.4, 0.5) is 0 Å². The number of ether oxygens (including phenoxy) is 3. The van der Waals surface area contributed by atoms with Gasteiger partial charge in [0.2, 0.25) is 0 Å². The van der Waals surface area contributed by atoms with E-state index >= 15 is 0 Å². The second-order valence-corrected chi connectivity index (χ2v) is 15.3. The molecule has 0 N–H and O–H groups in total. The summed E-state index contributed by atoms with van der Waals surface area (Å²) in [5, 5.41) is 0. The molecule has 0 spiro atoms. The minimum Gasteiger partial charge on any atom is -0.462 e. The summed E-state index contributed by atoms with van der Waals surface area (Å²) >= 11 is 0. The third kappa shape index (κ3) is 43.7. The highest BCUT2D eigenvalue weighted by Crippen LogP contribution is 2.12. The van der Waals surface area contributed by atoms with Crippen LogP contribution >= 0.6 is 0 Å². The normalized spacial score (nSPS) is 12.8. The van der Waals surface area contributed by atoms with Crippen LogP contribution in [0.2, 0.25) is 0 Å². The van der Waals surface area contributed by atoms with Crippen molar-refractivity contribution in [2.24, 2.45) is 0 Å². The lowest BCUT2D eigenvalue weighted by atomic mass is 10.1. The van der Waals surface area contributed by atoms with Gasteiger partial charge in [-0.25, -0.2) is 0 Å². The van der Waals surface area contributed by atoms with E-state index in [1.807, 2.05) is 0 Å². The van der Waals surface area contributed by atoms with Crippen LogP contribution in [0.15, 0.2) is 85.1 Å². The molecule has 0 fully saturated rings. The van der Waals surface area contributed by atoms with E-state index in [2.05, 4.69) is 106 Å². The summed E-state index contributed by atoms with van der Waals surface area (Å²) < 4.78 is 16.6. The third-order valence-corrected chi connectivity index (χ3v) is 9.63.